The smallest absolute Gasteiger partial charge is 0.417 e. The first-order valence-electron chi connectivity index (χ1n) is 5.14. The molecule has 1 aliphatic rings. The molecule has 0 aromatic carbocycles. The van der Waals surface area contributed by atoms with E-state index in [0.29, 0.717) is 5.92 Å². The van der Waals surface area contributed by atoms with Crippen molar-refractivity contribution in [1.29, 1.82) is 0 Å². The number of carboxylic acid groups (broad SMARTS) is 1. The molecule has 0 heterocycles. The van der Waals surface area contributed by atoms with Crippen molar-refractivity contribution in [1.82, 2.24) is 0 Å². The lowest BCUT2D eigenvalue weighted by Crippen LogP contribution is -2.24. The predicted molar refractivity (Wildman–Crippen MR) is 51.1 cm³/mol. The minimum absolute atomic E-state index is 0.184. The first-order valence-corrected chi connectivity index (χ1v) is 5.14. The highest BCUT2D eigenvalue weighted by Gasteiger charge is 2.22. The fourth-order valence-corrected chi connectivity index (χ4v) is 1.84. The third-order valence-corrected chi connectivity index (χ3v) is 2.85. The number of aliphatic hydroxyl groups is 1. The van der Waals surface area contributed by atoms with Gasteiger partial charge < -0.3 is 14.9 Å². The molecule has 1 aliphatic carbocycles. The van der Waals surface area contributed by atoms with Crippen LogP contribution in [0.2, 0.25) is 0 Å². The molecule has 1 rings (SSSR count). The van der Waals surface area contributed by atoms with Crippen LogP contribution in [0, 0.1) is 11.8 Å². The summed E-state index contributed by atoms with van der Waals surface area (Å²) in [4.78, 5) is 20.8. The second-order valence-electron chi connectivity index (χ2n) is 3.97. The minimum Gasteiger partial charge on any atom is -0.473 e. The molecule has 2 N–H and O–H groups in total. The lowest BCUT2D eigenvalue weighted by molar-refractivity contribution is -0.165. The summed E-state index contributed by atoms with van der Waals surface area (Å²) in [6.07, 6.45) is 3.62. The van der Waals surface area contributed by atoms with Gasteiger partial charge in [0.05, 0.1) is 6.61 Å². The Morgan fingerprint density at radius 1 is 1.13 bits per heavy atom. The zero-order chi connectivity index (χ0) is 11.3. The molecule has 0 aliphatic heterocycles. The molecule has 0 amide bonds. The number of aliphatic hydroxyl groups excluding tert-OH is 1. The van der Waals surface area contributed by atoms with Crippen molar-refractivity contribution in [2.24, 2.45) is 11.8 Å². The first-order chi connectivity index (χ1) is 7.13. The van der Waals surface area contributed by atoms with Crippen LogP contribution >= 0.6 is 0 Å². The molecule has 1 fully saturated rings. The van der Waals surface area contributed by atoms with Gasteiger partial charge in [-0.2, -0.15) is 0 Å². The SMILES string of the molecule is O=C(O)C(=O)OCC1CCC(CO)CC1. The summed E-state index contributed by atoms with van der Waals surface area (Å²) in [5, 5.41) is 17.2. The Hall–Kier alpha value is -1.10. The monoisotopic (exact) mass is 216 g/mol. The van der Waals surface area contributed by atoms with E-state index in [1.807, 2.05) is 0 Å². The van der Waals surface area contributed by atoms with Gasteiger partial charge in [0.2, 0.25) is 0 Å². The number of carboxylic acids is 1. The summed E-state index contributed by atoms with van der Waals surface area (Å²) >= 11 is 0. The van der Waals surface area contributed by atoms with Crippen molar-refractivity contribution < 1.29 is 24.5 Å². The van der Waals surface area contributed by atoms with Crippen LogP contribution in [-0.4, -0.2) is 35.4 Å². The standard InChI is InChI=1S/C10H16O5/c11-5-7-1-3-8(4-2-7)6-15-10(14)9(12)13/h7-8,11H,1-6H2,(H,12,13). The normalized spacial score (nSPS) is 25.9. The van der Waals surface area contributed by atoms with Crippen LogP contribution in [-0.2, 0) is 14.3 Å². The van der Waals surface area contributed by atoms with Gasteiger partial charge in [-0.25, -0.2) is 9.59 Å². The summed E-state index contributed by atoms with van der Waals surface area (Å²) in [6.45, 7) is 0.394. The highest BCUT2D eigenvalue weighted by atomic mass is 16.6. The van der Waals surface area contributed by atoms with Gasteiger partial charge in [0.25, 0.3) is 0 Å². The summed E-state index contributed by atoms with van der Waals surface area (Å²) in [5.74, 6) is -2.12. The fraction of sp³-hybridized carbons (Fsp3) is 0.800. The summed E-state index contributed by atoms with van der Waals surface area (Å²) in [6, 6.07) is 0. The number of ether oxygens (including phenoxy) is 1. The second-order valence-corrected chi connectivity index (χ2v) is 3.97. The van der Waals surface area contributed by atoms with Crippen molar-refractivity contribution in [3.63, 3.8) is 0 Å². The van der Waals surface area contributed by atoms with E-state index < -0.39 is 11.9 Å². The number of rotatable bonds is 3. The van der Waals surface area contributed by atoms with E-state index in [2.05, 4.69) is 4.74 Å². The summed E-state index contributed by atoms with van der Waals surface area (Å²) in [7, 11) is 0. The van der Waals surface area contributed by atoms with Crippen molar-refractivity contribution in [3.05, 3.63) is 0 Å². The van der Waals surface area contributed by atoms with Crippen molar-refractivity contribution in [2.75, 3.05) is 13.2 Å². The van der Waals surface area contributed by atoms with Gasteiger partial charge in [0.15, 0.2) is 0 Å². The van der Waals surface area contributed by atoms with Gasteiger partial charge in [-0.15, -0.1) is 0 Å². The van der Waals surface area contributed by atoms with Gasteiger partial charge in [-0.05, 0) is 37.5 Å². The largest absolute Gasteiger partial charge is 0.473 e. The molecule has 0 unspecified atom stereocenters. The van der Waals surface area contributed by atoms with E-state index in [4.69, 9.17) is 10.2 Å². The Bertz CT molecular complexity index is 230. The molecule has 1 saturated carbocycles. The van der Waals surface area contributed by atoms with Crippen LogP contribution in [0.4, 0.5) is 0 Å². The van der Waals surface area contributed by atoms with E-state index in [9.17, 15) is 9.59 Å². The molecule has 0 bridgehead atoms. The molecule has 0 aromatic heterocycles. The van der Waals surface area contributed by atoms with Crippen molar-refractivity contribution in [2.45, 2.75) is 25.7 Å². The van der Waals surface area contributed by atoms with E-state index in [1.54, 1.807) is 0 Å². The van der Waals surface area contributed by atoms with Gasteiger partial charge in [-0.3, -0.25) is 0 Å². The number of hydrogen-bond donors (Lipinski definition) is 2. The first kappa shape index (κ1) is 12.0. The Morgan fingerprint density at radius 2 is 1.67 bits per heavy atom. The summed E-state index contributed by atoms with van der Waals surface area (Å²) in [5.41, 5.74) is 0. The van der Waals surface area contributed by atoms with E-state index in [1.165, 1.54) is 0 Å². The Balaban J connectivity index is 2.19. The lowest BCUT2D eigenvalue weighted by atomic mass is 9.83. The Kier molecular flexibility index (Phi) is 4.55. The summed E-state index contributed by atoms with van der Waals surface area (Å²) < 4.78 is 4.61. The number of carbonyl (C=O) groups is 2. The third-order valence-electron chi connectivity index (χ3n) is 2.85. The number of aliphatic carboxylic acids is 1. The molecule has 0 atom stereocenters. The molecule has 5 nitrogen and oxygen atoms in total. The van der Waals surface area contributed by atoms with Crippen LogP contribution in [0.25, 0.3) is 0 Å². The minimum atomic E-state index is -1.54. The van der Waals surface area contributed by atoms with Gasteiger partial charge >= 0.3 is 11.9 Å². The molecule has 0 radical (unpaired) electrons. The van der Waals surface area contributed by atoms with Crippen LogP contribution in [0.3, 0.4) is 0 Å². The van der Waals surface area contributed by atoms with Crippen LogP contribution in [0.15, 0.2) is 0 Å². The van der Waals surface area contributed by atoms with Crippen LogP contribution < -0.4 is 0 Å². The van der Waals surface area contributed by atoms with Gasteiger partial charge in [0, 0.05) is 6.61 Å². The molecule has 15 heavy (non-hydrogen) atoms. The van der Waals surface area contributed by atoms with Crippen LogP contribution in [0.5, 0.6) is 0 Å². The fourth-order valence-electron chi connectivity index (χ4n) is 1.84. The second kappa shape index (κ2) is 5.70. The predicted octanol–water partition coefficient (Wildman–Crippen LogP) is 0.413. The average Bonchev–Trinajstić information content (AvgIpc) is 2.26. The molecular weight excluding hydrogens is 200 g/mol. The lowest BCUT2D eigenvalue weighted by Gasteiger charge is -2.26. The molecule has 86 valence electrons. The van der Waals surface area contributed by atoms with Gasteiger partial charge in [-0.1, -0.05) is 0 Å². The molecule has 0 aromatic rings. The molecule has 0 saturated heterocycles. The zero-order valence-electron chi connectivity index (χ0n) is 8.52. The van der Waals surface area contributed by atoms with E-state index >= 15 is 0 Å². The highest BCUT2D eigenvalue weighted by molar-refractivity contribution is 6.28. The number of hydrogen-bond acceptors (Lipinski definition) is 4. The average molecular weight is 216 g/mol. The number of carbonyl (C=O) groups excluding carboxylic acids is 1. The van der Waals surface area contributed by atoms with Crippen molar-refractivity contribution in [3.8, 4) is 0 Å². The maximum atomic E-state index is 10.6. The maximum absolute atomic E-state index is 10.6. The molecule has 0 spiro atoms. The topological polar surface area (TPSA) is 83.8 Å². The molecular formula is C10H16O5. The van der Waals surface area contributed by atoms with E-state index in [0.717, 1.165) is 25.7 Å². The third kappa shape index (κ3) is 3.87. The Morgan fingerprint density at radius 3 is 2.13 bits per heavy atom. The van der Waals surface area contributed by atoms with E-state index in [-0.39, 0.29) is 19.1 Å². The number of esters is 1. The quantitative estimate of drug-likeness (QED) is 0.527. The highest BCUT2D eigenvalue weighted by Crippen LogP contribution is 2.28. The maximum Gasteiger partial charge on any atom is 0.417 e. The molecule has 5 heteroatoms. The zero-order valence-corrected chi connectivity index (χ0v) is 8.52. The Labute approximate surface area is 88.0 Å². The van der Waals surface area contributed by atoms with Gasteiger partial charge in [0.1, 0.15) is 0 Å². The van der Waals surface area contributed by atoms with Crippen LogP contribution in [0.1, 0.15) is 25.7 Å². The van der Waals surface area contributed by atoms with Crippen molar-refractivity contribution >= 4 is 11.9 Å².